The van der Waals surface area contributed by atoms with Crippen LogP contribution in [0.5, 0.6) is 0 Å². The van der Waals surface area contributed by atoms with Gasteiger partial charge in [0.1, 0.15) is 5.82 Å². The van der Waals surface area contributed by atoms with E-state index >= 15 is 4.39 Å². The Hall–Kier alpha value is -6.00. The van der Waals surface area contributed by atoms with Gasteiger partial charge >= 0.3 is 6.03 Å². The fourth-order valence-electron chi connectivity index (χ4n) is 7.97. The zero-order chi connectivity index (χ0) is 37.6. The summed E-state index contributed by atoms with van der Waals surface area (Å²) in [6.45, 7) is 5.02. The highest BCUT2D eigenvalue weighted by atomic mass is 32.1. The first-order valence-electron chi connectivity index (χ1n) is 18.3. The van der Waals surface area contributed by atoms with Gasteiger partial charge in [-0.15, -0.1) is 11.3 Å². The Morgan fingerprint density at radius 1 is 0.927 bits per heavy atom. The summed E-state index contributed by atoms with van der Waals surface area (Å²) in [6.07, 6.45) is 8.67. The third-order valence-electron chi connectivity index (χ3n) is 10.8. The molecule has 7 heterocycles. The van der Waals surface area contributed by atoms with E-state index in [-0.39, 0.29) is 30.0 Å². The Morgan fingerprint density at radius 2 is 1.76 bits per heavy atom. The standard InChI is InChI=1S/C39H37FN10O4S/c40-31-18-26(17-29-30(31)22-50(37(29)53)35(36(52)45-38-42-8-15-55-38)34-32-2-1-9-48(32)23-43-34)25-3-5-27(6-4-25)47-13-11-46(12-14-47)21-24-16-28(20-41-19-24)49-10-7-33(51)44-39(49)54/h3-6,8,15-20,23,35H,1-2,7,9-14,21-22H2,(H,42,45,52)(H,44,51,54). The number of fused-ring (bicyclic) bond motifs is 2. The molecule has 0 radical (unpaired) electrons. The molecule has 0 aliphatic carbocycles. The Balaban J connectivity index is 0.871. The van der Waals surface area contributed by atoms with E-state index in [4.69, 9.17) is 0 Å². The molecule has 0 saturated carbocycles. The maximum atomic E-state index is 15.9. The number of carbonyl (C=O) groups excluding carboxylic acids is 4. The van der Waals surface area contributed by atoms with E-state index in [2.05, 4.69) is 35.4 Å². The summed E-state index contributed by atoms with van der Waals surface area (Å²) in [6, 6.07) is 11.6. The van der Waals surface area contributed by atoms with Gasteiger partial charge in [0.05, 0.1) is 30.5 Å². The van der Waals surface area contributed by atoms with Crippen molar-refractivity contribution in [2.24, 2.45) is 0 Å². The van der Waals surface area contributed by atoms with Crippen molar-refractivity contribution in [2.45, 2.75) is 44.9 Å². The Kier molecular flexibility index (Phi) is 9.06. The number of anilines is 3. The molecule has 2 fully saturated rings. The Bertz CT molecular complexity index is 2310. The number of hydrogen-bond acceptors (Lipinski definition) is 10. The molecule has 2 aromatic carbocycles. The normalized spacial score (nSPS) is 17.7. The van der Waals surface area contributed by atoms with Crippen molar-refractivity contribution in [1.29, 1.82) is 0 Å². The molecule has 0 bridgehead atoms. The van der Waals surface area contributed by atoms with Crippen LogP contribution in [-0.4, -0.2) is 85.8 Å². The summed E-state index contributed by atoms with van der Waals surface area (Å²) in [5, 5.41) is 7.37. The van der Waals surface area contributed by atoms with Crippen molar-refractivity contribution < 1.29 is 23.6 Å². The number of hydrogen-bond donors (Lipinski definition) is 2. The summed E-state index contributed by atoms with van der Waals surface area (Å²) in [4.78, 5) is 72.5. The largest absolute Gasteiger partial charge is 0.369 e. The molecule has 2 saturated heterocycles. The highest BCUT2D eigenvalue weighted by Gasteiger charge is 2.42. The van der Waals surface area contributed by atoms with E-state index in [1.54, 1.807) is 41.3 Å². The number of carbonyl (C=O) groups is 4. The topological polar surface area (TPSA) is 149 Å². The molecule has 5 amide bonds. The van der Waals surface area contributed by atoms with Crippen molar-refractivity contribution in [3.63, 3.8) is 0 Å². The molecule has 2 N–H and O–H groups in total. The Morgan fingerprint density at radius 3 is 2.55 bits per heavy atom. The molecule has 16 heteroatoms. The second-order valence-corrected chi connectivity index (χ2v) is 15.0. The van der Waals surface area contributed by atoms with E-state index < -0.39 is 29.7 Å². The lowest BCUT2D eigenvalue weighted by atomic mass is 9.99. The average Bonchev–Trinajstić information content (AvgIpc) is 4.01. The predicted molar refractivity (Wildman–Crippen MR) is 203 cm³/mol. The third kappa shape index (κ3) is 6.71. The van der Waals surface area contributed by atoms with E-state index in [1.807, 2.05) is 34.9 Å². The van der Waals surface area contributed by atoms with Crippen LogP contribution in [0.4, 0.5) is 25.7 Å². The summed E-state index contributed by atoms with van der Waals surface area (Å²) < 4.78 is 17.9. The highest BCUT2D eigenvalue weighted by molar-refractivity contribution is 7.13. The minimum absolute atomic E-state index is 0.0485. The van der Waals surface area contributed by atoms with Crippen LogP contribution in [0.1, 0.15) is 51.8 Å². The zero-order valence-corrected chi connectivity index (χ0v) is 30.6. The SMILES string of the molecule is O=C1CCN(c2cncc(CN3CCN(c4ccc(-c5cc(F)c6c(c5)C(=O)N(C(C(=O)Nc5nccs5)c5ncn7c5CCC7)C6)cc4)CC3)c2)C(=O)N1. The van der Waals surface area contributed by atoms with Crippen molar-refractivity contribution in [1.82, 2.24) is 34.6 Å². The first-order chi connectivity index (χ1) is 26.8. The lowest BCUT2D eigenvalue weighted by Crippen LogP contribution is -2.49. The van der Waals surface area contributed by atoms with Crippen molar-refractivity contribution in [3.05, 3.63) is 107 Å². The molecule has 280 valence electrons. The van der Waals surface area contributed by atoms with Crippen LogP contribution in [0.3, 0.4) is 0 Å². The van der Waals surface area contributed by atoms with Crippen LogP contribution in [0.25, 0.3) is 11.1 Å². The van der Waals surface area contributed by atoms with Gasteiger partial charge in [-0.1, -0.05) is 12.1 Å². The maximum Gasteiger partial charge on any atom is 0.328 e. The first-order valence-corrected chi connectivity index (χ1v) is 19.2. The van der Waals surface area contributed by atoms with Gasteiger partial charge < -0.3 is 14.4 Å². The number of imide groups is 1. The number of imidazole rings is 1. The smallest absolute Gasteiger partial charge is 0.328 e. The summed E-state index contributed by atoms with van der Waals surface area (Å²) in [7, 11) is 0. The summed E-state index contributed by atoms with van der Waals surface area (Å²) >= 11 is 1.28. The number of pyridine rings is 1. The maximum absolute atomic E-state index is 15.9. The summed E-state index contributed by atoms with van der Waals surface area (Å²) in [5.41, 5.74) is 6.00. The highest BCUT2D eigenvalue weighted by Crippen LogP contribution is 2.38. The monoisotopic (exact) mass is 760 g/mol. The number of nitrogens with zero attached hydrogens (tertiary/aromatic N) is 8. The van der Waals surface area contributed by atoms with Gasteiger partial charge in [-0.3, -0.25) is 39.8 Å². The van der Waals surface area contributed by atoms with E-state index in [0.717, 1.165) is 68.1 Å². The molecule has 0 spiro atoms. The number of halogens is 1. The predicted octanol–water partition coefficient (Wildman–Crippen LogP) is 4.59. The van der Waals surface area contributed by atoms with Crippen molar-refractivity contribution in [3.8, 4) is 11.1 Å². The van der Waals surface area contributed by atoms with Gasteiger partial charge in [0.25, 0.3) is 11.8 Å². The average molecular weight is 761 g/mol. The minimum Gasteiger partial charge on any atom is -0.369 e. The molecule has 3 aromatic heterocycles. The molecule has 9 rings (SSSR count). The van der Waals surface area contributed by atoms with Crippen LogP contribution in [0.2, 0.25) is 0 Å². The van der Waals surface area contributed by atoms with Gasteiger partial charge in [-0.05, 0) is 59.9 Å². The molecule has 1 unspecified atom stereocenters. The van der Waals surface area contributed by atoms with Gasteiger partial charge in [0.15, 0.2) is 11.2 Å². The lowest BCUT2D eigenvalue weighted by Gasteiger charge is -2.36. The quantitative estimate of drug-likeness (QED) is 0.220. The van der Waals surface area contributed by atoms with Gasteiger partial charge in [0.2, 0.25) is 5.91 Å². The Labute approximate surface area is 319 Å². The van der Waals surface area contributed by atoms with Crippen LogP contribution < -0.4 is 20.4 Å². The molecule has 4 aliphatic rings. The molecule has 14 nitrogen and oxygen atoms in total. The van der Waals surface area contributed by atoms with E-state index in [9.17, 15) is 19.2 Å². The molecule has 1 atom stereocenters. The number of amides is 5. The fourth-order valence-corrected chi connectivity index (χ4v) is 8.50. The number of urea groups is 1. The number of aryl methyl sites for hydroxylation is 1. The number of thiazole rings is 1. The second kappa shape index (κ2) is 14.3. The van der Waals surface area contributed by atoms with Crippen molar-refractivity contribution in [2.75, 3.05) is 47.8 Å². The molecular weight excluding hydrogens is 724 g/mol. The van der Waals surface area contributed by atoms with E-state index in [1.165, 1.54) is 22.3 Å². The zero-order valence-electron chi connectivity index (χ0n) is 29.8. The second-order valence-electron chi connectivity index (χ2n) is 14.1. The minimum atomic E-state index is -1.04. The van der Waals surface area contributed by atoms with Crippen LogP contribution in [0, 0.1) is 5.82 Å². The van der Waals surface area contributed by atoms with E-state index in [0.29, 0.717) is 35.2 Å². The first kappa shape index (κ1) is 34.7. The number of piperazine rings is 1. The molecule has 5 aromatic rings. The van der Waals surface area contributed by atoms with Crippen LogP contribution >= 0.6 is 11.3 Å². The molecule has 55 heavy (non-hydrogen) atoms. The third-order valence-corrected chi connectivity index (χ3v) is 11.5. The number of benzene rings is 2. The fraction of sp³-hybridized carbons (Fsp3) is 0.308. The van der Waals surface area contributed by atoms with Gasteiger partial charge in [-0.25, -0.2) is 19.2 Å². The summed E-state index contributed by atoms with van der Waals surface area (Å²) in [5.74, 6) is -1.61. The van der Waals surface area contributed by atoms with Crippen LogP contribution in [0.15, 0.2) is 72.8 Å². The number of nitrogens with one attached hydrogen (secondary N) is 2. The lowest BCUT2D eigenvalue weighted by molar-refractivity contribution is -0.121. The number of rotatable bonds is 9. The van der Waals surface area contributed by atoms with Crippen molar-refractivity contribution >= 4 is 51.6 Å². The molecular formula is C39H37FN10O4S. The molecule has 4 aliphatic heterocycles. The number of aromatic nitrogens is 4. The van der Waals surface area contributed by atoms with Gasteiger partial charge in [0, 0.05) is 92.5 Å². The van der Waals surface area contributed by atoms with Gasteiger partial charge in [-0.2, -0.15) is 0 Å². The van der Waals surface area contributed by atoms with Crippen LogP contribution in [-0.2, 0) is 35.6 Å².